The minimum atomic E-state index is -0.501. The molecule has 2 unspecified atom stereocenters. The molecule has 1 aliphatic heterocycles. The van der Waals surface area contributed by atoms with Gasteiger partial charge in [0.25, 0.3) is 0 Å². The van der Waals surface area contributed by atoms with Crippen LogP contribution in [0.15, 0.2) is 24.3 Å². The number of benzene rings is 1. The summed E-state index contributed by atoms with van der Waals surface area (Å²) in [6, 6.07) is 7.99. The summed E-state index contributed by atoms with van der Waals surface area (Å²) in [5.41, 5.74) is 7.00. The van der Waals surface area contributed by atoms with Gasteiger partial charge in [0.15, 0.2) is 0 Å². The Bertz CT molecular complexity index is 478. The summed E-state index contributed by atoms with van der Waals surface area (Å²) in [6.45, 7) is 9.30. The molecule has 1 fully saturated rings. The number of hydrogen-bond acceptors (Lipinski definition) is 2. The van der Waals surface area contributed by atoms with Crippen molar-refractivity contribution in [1.82, 2.24) is 4.90 Å². The van der Waals surface area contributed by atoms with Crippen LogP contribution >= 0.6 is 0 Å². The highest BCUT2D eigenvalue weighted by Crippen LogP contribution is 2.31. The normalized spacial score (nSPS) is 23.7. The van der Waals surface area contributed by atoms with Crippen molar-refractivity contribution in [2.75, 3.05) is 12.3 Å². The number of nitrogens with two attached hydrogens (primary N) is 1. The van der Waals surface area contributed by atoms with Crippen LogP contribution in [0.2, 0.25) is 0 Å². The fourth-order valence-corrected chi connectivity index (χ4v) is 3.00. The molecular formula is C17H26N2O. The van der Waals surface area contributed by atoms with Gasteiger partial charge < -0.3 is 10.6 Å². The van der Waals surface area contributed by atoms with E-state index < -0.39 is 5.41 Å². The molecule has 2 rings (SSSR count). The molecule has 0 radical (unpaired) electrons. The van der Waals surface area contributed by atoms with E-state index >= 15 is 0 Å². The predicted octanol–water partition coefficient (Wildman–Crippen LogP) is 3.19. The van der Waals surface area contributed by atoms with Crippen LogP contribution < -0.4 is 5.73 Å². The SMILES string of the molecule is CC1CCCN(C(=O)C(C)(C)c2ccc(N)cc2)C1C. The van der Waals surface area contributed by atoms with Crippen LogP contribution in [0.5, 0.6) is 0 Å². The first-order valence-corrected chi connectivity index (χ1v) is 7.51. The smallest absolute Gasteiger partial charge is 0.232 e. The van der Waals surface area contributed by atoms with Gasteiger partial charge in [-0.1, -0.05) is 19.1 Å². The molecule has 3 nitrogen and oxygen atoms in total. The van der Waals surface area contributed by atoms with E-state index in [1.54, 1.807) is 0 Å². The Hall–Kier alpha value is -1.51. The second-order valence-electron chi connectivity index (χ2n) is 6.61. The van der Waals surface area contributed by atoms with Crippen LogP contribution in [0.3, 0.4) is 0 Å². The number of anilines is 1. The fraction of sp³-hybridized carbons (Fsp3) is 0.588. The molecule has 3 heteroatoms. The summed E-state index contributed by atoms with van der Waals surface area (Å²) in [7, 11) is 0. The summed E-state index contributed by atoms with van der Waals surface area (Å²) in [5.74, 6) is 0.802. The lowest BCUT2D eigenvalue weighted by Crippen LogP contribution is -2.52. The molecular weight excluding hydrogens is 248 g/mol. The largest absolute Gasteiger partial charge is 0.399 e. The molecule has 0 saturated carbocycles. The number of rotatable bonds is 2. The molecule has 20 heavy (non-hydrogen) atoms. The van der Waals surface area contributed by atoms with Crippen molar-refractivity contribution >= 4 is 11.6 Å². The van der Waals surface area contributed by atoms with E-state index in [0.29, 0.717) is 12.0 Å². The third kappa shape index (κ3) is 2.67. The van der Waals surface area contributed by atoms with Gasteiger partial charge >= 0.3 is 0 Å². The zero-order valence-corrected chi connectivity index (χ0v) is 13.0. The summed E-state index contributed by atoms with van der Waals surface area (Å²) >= 11 is 0. The first-order chi connectivity index (χ1) is 9.34. The van der Waals surface area contributed by atoms with E-state index in [1.807, 2.05) is 38.1 Å². The number of nitrogens with zero attached hydrogens (tertiary/aromatic N) is 1. The molecule has 2 atom stereocenters. The van der Waals surface area contributed by atoms with Gasteiger partial charge in [0, 0.05) is 18.3 Å². The maximum Gasteiger partial charge on any atom is 0.232 e. The quantitative estimate of drug-likeness (QED) is 0.842. The average Bonchev–Trinajstić information content (AvgIpc) is 2.41. The second-order valence-corrected chi connectivity index (χ2v) is 6.61. The topological polar surface area (TPSA) is 46.3 Å². The summed E-state index contributed by atoms with van der Waals surface area (Å²) in [5, 5.41) is 0. The van der Waals surface area contributed by atoms with Crippen LogP contribution in [0.4, 0.5) is 5.69 Å². The molecule has 0 bridgehead atoms. The lowest BCUT2D eigenvalue weighted by Gasteiger charge is -2.42. The van der Waals surface area contributed by atoms with Crippen molar-refractivity contribution in [2.45, 2.75) is 52.0 Å². The number of likely N-dealkylation sites (tertiary alicyclic amines) is 1. The van der Waals surface area contributed by atoms with Crippen molar-refractivity contribution in [1.29, 1.82) is 0 Å². The number of amides is 1. The third-order valence-electron chi connectivity index (χ3n) is 4.80. The minimum Gasteiger partial charge on any atom is -0.399 e. The summed E-state index contributed by atoms with van der Waals surface area (Å²) in [4.78, 5) is 15.0. The van der Waals surface area contributed by atoms with Gasteiger partial charge in [0.1, 0.15) is 0 Å². The van der Waals surface area contributed by atoms with Crippen LogP contribution in [0, 0.1) is 5.92 Å². The molecule has 0 aromatic heterocycles. The van der Waals surface area contributed by atoms with Crippen LogP contribution in [-0.2, 0) is 10.2 Å². The van der Waals surface area contributed by atoms with E-state index in [4.69, 9.17) is 5.73 Å². The predicted molar refractivity (Wildman–Crippen MR) is 83.5 cm³/mol. The molecule has 1 amide bonds. The number of carbonyl (C=O) groups excluding carboxylic acids is 1. The lowest BCUT2D eigenvalue weighted by molar-refractivity contribution is -0.141. The van der Waals surface area contributed by atoms with Gasteiger partial charge in [-0.3, -0.25) is 4.79 Å². The Morgan fingerprint density at radius 2 is 1.85 bits per heavy atom. The Labute approximate surface area is 122 Å². The Morgan fingerprint density at radius 3 is 2.45 bits per heavy atom. The molecule has 1 aliphatic rings. The Balaban J connectivity index is 2.24. The van der Waals surface area contributed by atoms with Gasteiger partial charge in [0.05, 0.1) is 5.41 Å². The Kier molecular flexibility index (Phi) is 4.07. The van der Waals surface area contributed by atoms with Gasteiger partial charge in [-0.15, -0.1) is 0 Å². The molecule has 1 saturated heterocycles. The number of hydrogen-bond donors (Lipinski definition) is 1. The zero-order valence-electron chi connectivity index (χ0n) is 13.0. The van der Waals surface area contributed by atoms with E-state index in [2.05, 4.69) is 18.7 Å². The Morgan fingerprint density at radius 1 is 1.25 bits per heavy atom. The molecule has 1 heterocycles. The first kappa shape index (κ1) is 14.9. The van der Waals surface area contributed by atoms with E-state index in [9.17, 15) is 4.79 Å². The maximum atomic E-state index is 13.0. The molecule has 1 aromatic carbocycles. The van der Waals surface area contributed by atoms with Crippen LogP contribution in [-0.4, -0.2) is 23.4 Å². The molecule has 1 aromatic rings. The standard InChI is InChI=1S/C17H26N2O/c1-12-6-5-11-19(13(12)2)16(20)17(3,4)14-7-9-15(18)10-8-14/h7-10,12-13H,5-6,11,18H2,1-4H3. The maximum absolute atomic E-state index is 13.0. The first-order valence-electron chi connectivity index (χ1n) is 7.51. The van der Waals surface area contributed by atoms with Gasteiger partial charge in [-0.25, -0.2) is 0 Å². The van der Waals surface area contributed by atoms with E-state index in [-0.39, 0.29) is 5.91 Å². The number of piperidine rings is 1. The van der Waals surface area contributed by atoms with Crippen molar-refractivity contribution < 1.29 is 4.79 Å². The molecule has 2 N–H and O–H groups in total. The number of nitrogen functional groups attached to an aromatic ring is 1. The molecule has 110 valence electrons. The highest BCUT2D eigenvalue weighted by molar-refractivity contribution is 5.87. The highest BCUT2D eigenvalue weighted by atomic mass is 16.2. The summed E-state index contributed by atoms with van der Waals surface area (Å²) in [6.07, 6.45) is 2.32. The van der Waals surface area contributed by atoms with Gasteiger partial charge in [0.2, 0.25) is 5.91 Å². The van der Waals surface area contributed by atoms with Gasteiger partial charge in [-0.2, -0.15) is 0 Å². The van der Waals surface area contributed by atoms with Crippen molar-refractivity contribution in [3.8, 4) is 0 Å². The lowest BCUT2D eigenvalue weighted by atomic mass is 9.81. The van der Waals surface area contributed by atoms with E-state index in [1.165, 1.54) is 6.42 Å². The molecule has 0 spiro atoms. The zero-order chi connectivity index (χ0) is 14.9. The monoisotopic (exact) mass is 274 g/mol. The minimum absolute atomic E-state index is 0.223. The van der Waals surface area contributed by atoms with E-state index in [0.717, 1.165) is 24.2 Å². The van der Waals surface area contributed by atoms with Crippen LogP contribution in [0.1, 0.15) is 46.1 Å². The van der Waals surface area contributed by atoms with Crippen molar-refractivity contribution in [2.24, 2.45) is 5.92 Å². The molecule has 0 aliphatic carbocycles. The average molecular weight is 274 g/mol. The van der Waals surface area contributed by atoms with Crippen molar-refractivity contribution in [3.05, 3.63) is 29.8 Å². The second kappa shape index (κ2) is 5.47. The van der Waals surface area contributed by atoms with Crippen molar-refractivity contribution in [3.63, 3.8) is 0 Å². The third-order valence-corrected chi connectivity index (χ3v) is 4.80. The highest BCUT2D eigenvalue weighted by Gasteiger charge is 2.38. The fourth-order valence-electron chi connectivity index (χ4n) is 3.00. The summed E-state index contributed by atoms with van der Waals surface area (Å²) < 4.78 is 0. The van der Waals surface area contributed by atoms with Crippen LogP contribution in [0.25, 0.3) is 0 Å². The van der Waals surface area contributed by atoms with Gasteiger partial charge in [-0.05, 0) is 57.2 Å². The number of carbonyl (C=O) groups is 1.